The van der Waals surface area contributed by atoms with Crippen LogP contribution in [0.5, 0.6) is 17.2 Å². The number of alkyl halides is 2. The number of benzene rings is 3. The topological polar surface area (TPSA) is 69.9 Å². The van der Waals surface area contributed by atoms with Crippen molar-refractivity contribution in [3.63, 3.8) is 0 Å². The third kappa shape index (κ3) is 7.27. The molecule has 0 aliphatic heterocycles. The molecule has 2 atom stereocenters. The lowest BCUT2D eigenvalue weighted by Gasteiger charge is -2.15. The second kappa shape index (κ2) is 12.9. The molecule has 0 fully saturated rings. The van der Waals surface area contributed by atoms with Crippen molar-refractivity contribution in [2.24, 2.45) is 0 Å². The molecule has 39 heavy (non-hydrogen) atoms. The molecule has 6 nitrogen and oxygen atoms in total. The quantitative estimate of drug-likeness (QED) is 0.202. The summed E-state index contributed by atoms with van der Waals surface area (Å²) in [6.45, 7) is 8.12. The molecule has 1 N–H and O–H groups in total. The van der Waals surface area contributed by atoms with Crippen molar-refractivity contribution in [1.82, 2.24) is 4.57 Å². The SMILES string of the molecule is CC.CCC(Oc1cccc(Cn2c(C)c(-c3ccc(OC)cc3)c3ccc(OC(F)(F)P)cc32)c1)C(=O)O. The molecule has 0 amide bonds. The first-order chi connectivity index (χ1) is 18.6. The Hall–Kier alpha value is -3.64. The normalized spacial score (nSPS) is 11.9. The van der Waals surface area contributed by atoms with Crippen molar-refractivity contribution < 1.29 is 32.9 Å². The van der Waals surface area contributed by atoms with Crippen LogP contribution in [0.25, 0.3) is 22.0 Å². The molecule has 1 aromatic heterocycles. The first-order valence-corrected chi connectivity index (χ1v) is 13.3. The van der Waals surface area contributed by atoms with E-state index in [1.54, 1.807) is 44.4 Å². The van der Waals surface area contributed by atoms with Gasteiger partial charge in [-0.05, 0) is 70.1 Å². The summed E-state index contributed by atoms with van der Waals surface area (Å²) < 4.78 is 45.0. The van der Waals surface area contributed by atoms with Crippen LogP contribution in [0.1, 0.15) is 38.4 Å². The van der Waals surface area contributed by atoms with Crippen LogP contribution in [0.2, 0.25) is 0 Å². The molecule has 3 aromatic carbocycles. The summed E-state index contributed by atoms with van der Waals surface area (Å²) in [5.41, 5.74) is 4.43. The van der Waals surface area contributed by atoms with Gasteiger partial charge in [-0.1, -0.05) is 45.0 Å². The molecule has 0 radical (unpaired) electrons. The lowest BCUT2D eigenvalue weighted by molar-refractivity contribution is -0.145. The summed E-state index contributed by atoms with van der Waals surface area (Å²) >= 11 is 0. The molecule has 0 saturated carbocycles. The summed E-state index contributed by atoms with van der Waals surface area (Å²) in [6.07, 6.45) is -0.616. The molecule has 0 saturated heterocycles. The molecule has 0 spiro atoms. The van der Waals surface area contributed by atoms with Gasteiger partial charge in [-0.25, -0.2) is 4.79 Å². The number of aromatic nitrogens is 1. The first kappa shape index (κ1) is 29.9. The van der Waals surface area contributed by atoms with Gasteiger partial charge in [0, 0.05) is 29.3 Å². The van der Waals surface area contributed by atoms with Gasteiger partial charge in [-0.15, -0.1) is 0 Å². The van der Waals surface area contributed by atoms with Gasteiger partial charge in [-0.3, -0.25) is 0 Å². The molecule has 2 unspecified atom stereocenters. The van der Waals surface area contributed by atoms with E-state index in [0.717, 1.165) is 39.0 Å². The number of hydrogen-bond acceptors (Lipinski definition) is 4. The van der Waals surface area contributed by atoms with Crippen LogP contribution >= 0.6 is 9.24 Å². The Labute approximate surface area is 229 Å². The lowest BCUT2D eigenvalue weighted by Crippen LogP contribution is -2.25. The molecule has 208 valence electrons. The average molecular weight is 558 g/mol. The third-order valence-electron chi connectivity index (χ3n) is 6.09. The molecule has 0 aliphatic carbocycles. The van der Waals surface area contributed by atoms with E-state index >= 15 is 0 Å². The zero-order valence-electron chi connectivity index (χ0n) is 22.7. The lowest BCUT2D eigenvalue weighted by atomic mass is 10.0. The largest absolute Gasteiger partial charge is 0.497 e. The zero-order valence-corrected chi connectivity index (χ0v) is 23.9. The summed E-state index contributed by atoms with van der Waals surface area (Å²) in [7, 11) is 2.99. The number of aliphatic carboxylic acids is 1. The Morgan fingerprint density at radius 3 is 2.28 bits per heavy atom. The van der Waals surface area contributed by atoms with Gasteiger partial charge < -0.3 is 23.9 Å². The summed E-state index contributed by atoms with van der Waals surface area (Å²) in [6, 6.07) is 19.8. The zero-order chi connectivity index (χ0) is 28.7. The van der Waals surface area contributed by atoms with Gasteiger partial charge >= 0.3 is 11.8 Å². The van der Waals surface area contributed by atoms with E-state index in [1.807, 2.05) is 55.7 Å². The number of rotatable bonds is 10. The number of hydrogen-bond donors (Lipinski definition) is 1. The minimum atomic E-state index is -3.40. The fourth-order valence-corrected chi connectivity index (χ4v) is 4.51. The second-order valence-corrected chi connectivity index (χ2v) is 9.29. The number of carboxylic acids is 1. The standard InChI is InChI=1S/C28H28F2NO5P.C2H6/c1-4-25(27(32)33)35-21-7-5-6-18(14-21)16-31-17(2)26(19-8-10-20(34-3)11-9-19)23-13-12-22(15-24(23)31)36-28(29,30)37;1-2/h5-15,25H,4,16,37H2,1-3H3,(H,32,33);1-2H3. The average Bonchev–Trinajstić information content (AvgIpc) is 3.18. The van der Waals surface area contributed by atoms with Crippen LogP contribution < -0.4 is 14.2 Å². The maximum absolute atomic E-state index is 13.6. The number of nitrogens with zero attached hydrogens (tertiary/aromatic N) is 1. The predicted molar refractivity (Wildman–Crippen MR) is 153 cm³/mol. The minimum Gasteiger partial charge on any atom is -0.497 e. The Morgan fingerprint density at radius 2 is 1.69 bits per heavy atom. The van der Waals surface area contributed by atoms with E-state index in [9.17, 15) is 18.7 Å². The van der Waals surface area contributed by atoms with E-state index in [1.165, 1.54) is 15.3 Å². The Balaban J connectivity index is 0.00000205. The highest BCUT2D eigenvalue weighted by Crippen LogP contribution is 2.39. The molecule has 4 rings (SSSR count). The van der Waals surface area contributed by atoms with Crippen LogP contribution in [-0.4, -0.2) is 34.7 Å². The van der Waals surface area contributed by atoms with Crippen molar-refractivity contribution in [2.45, 2.75) is 52.6 Å². The second-order valence-electron chi connectivity index (χ2n) is 8.62. The highest BCUT2D eigenvalue weighted by molar-refractivity contribution is 7.17. The van der Waals surface area contributed by atoms with Crippen LogP contribution in [0.15, 0.2) is 66.7 Å². The number of methoxy groups -OCH3 is 1. The van der Waals surface area contributed by atoms with Crippen molar-refractivity contribution in [3.8, 4) is 28.4 Å². The summed E-state index contributed by atoms with van der Waals surface area (Å²) in [5.74, 6) is -3.21. The number of carboxylic acid groups (broad SMARTS) is 1. The Morgan fingerprint density at radius 1 is 1.03 bits per heavy atom. The van der Waals surface area contributed by atoms with Gasteiger partial charge in [0.1, 0.15) is 17.2 Å². The van der Waals surface area contributed by atoms with E-state index in [4.69, 9.17) is 14.2 Å². The molecule has 1 heterocycles. The van der Waals surface area contributed by atoms with E-state index in [0.29, 0.717) is 18.7 Å². The highest BCUT2D eigenvalue weighted by Gasteiger charge is 2.25. The fraction of sp³-hybridized carbons (Fsp3) is 0.300. The summed E-state index contributed by atoms with van der Waals surface area (Å²) in [5, 5.41) is 10.2. The predicted octanol–water partition coefficient (Wildman–Crippen LogP) is 7.75. The summed E-state index contributed by atoms with van der Waals surface area (Å²) in [4.78, 5) is 11.4. The van der Waals surface area contributed by atoms with Crippen molar-refractivity contribution in [1.29, 1.82) is 0 Å². The number of fused-ring (bicyclic) bond motifs is 1. The molecule has 9 heteroatoms. The van der Waals surface area contributed by atoms with Crippen LogP contribution in [0.4, 0.5) is 8.78 Å². The van der Waals surface area contributed by atoms with E-state index in [-0.39, 0.29) is 5.75 Å². The van der Waals surface area contributed by atoms with Crippen molar-refractivity contribution >= 4 is 26.1 Å². The molecule has 0 bridgehead atoms. The maximum atomic E-state index is 13.6. The first-order valence-electron chi connectivity index (χ1n) is 12.7. The highest BCUT2D eigenvalue weighted by atomic mass is 31.0. The maximum Gasteiger partial charge on any atom is 0.408 e. The van der Waals surface area contributed by atoms with Gasteiger partial charge in [0.2, 0.25) is 0 Å². The Kier molecular flexibility index (Phi) is 9.92. The van der Waals surface area contributed by atoms with Gasteiger partial charge in [0.15, 0.2) is 6.10 Å². The van der Waals surface area contributed by atoms with Gasteiger partial charge in [-0.2, -0.15) is 8.78 Å². The Bertz CT molecular complexity index is 1410. The molecular weight excluding hydrogens is 523 g/mol. The molecular formula is C30H34F2NO5P. The van der Waals surface area contributed by atoms with Gasteiger partial charge in [0.25, 0.3) is 0 Å². The van der Waals surface area contributed by atoms with Crippen molar-refractivity contribution in [3.05, 3.63) is 78.0 Å². The van der Waals surface area contributed by atoms with Crippen molar-refractivity contribution in [2.75, 3.05) is 7.11 Å². The van der Waals surface area contributed by atoms with Crippen LogP contribution in [0, 0.1) is 6.92 Å². The van der Waals surface area contributed by atoms with Gasteiger partial charge in [0.05, 0.1) is 12.6 Å². The van der Waals surface area contributed by atoms with E-state index < -0.39 is 17.9 Å². The van der Waals surface area contributed by atoms with E-state index in [2.05, 4.69) is 0 Å². The fourth-order valence-electron chi connectivity index (χ4n) is 4.38. The monoisotopic (exact) mass is 557 g/mol. The smallest absolute Gasteiger partial charge is 0.408 e. The third-order valence-corrected chi connectivity index (χ3v) is 6.21. The van der Waals surface area contributed by atoms with Crippen LogP contribution in [-0.2, 0) is 11.3 Å². The number of carbonyl (C=O) groups is 1. The van der Waals surface area contributed by atoms with Crippen LogP contribution in [0.3, 0.4) is 0 Å². The minimum absolute atomic E-state index is 0.0388. The number of halogens is 2. The number of ether oxygens (including phenoxy) is 3. The molecule has 0 aliphatic rings. The molecule has 4 aromatic rings.